The number of nitrogens with zero attached hydrogens (tertiary/aromatic N) is 1. The van der Waals surface area contributed by atoms with Gasteiger partial charge in [0.25, 0.3) is 5.91 Å². The van der Waals surface area contributed by atoms with Crippen molar-refractivity contribution >= 4 is 28.7 Å². The van der Waals surface area contributed by atoms with E-state index in [0.29, 0.717) is 29.5 Å². The molecule has 0 aliphatic heterocycles. The number of benzene rings is 1. The molecule has 0 spiro atoms. The molecule has 4 nitrogen and oxygen atoms in total. The van der Waals surface area contributed by atoms with Gasteiger partial charge in [0.15, 0.2) is 5.13 Å². The predicted molar refractivity (Wildman–Crippen MR) is 87.6 cm³/mol. The van der Waals surface area contributed by atoms with Gasteiger partial charge in [-0.25, -0.2) is 4.98 Å². The highest BCUT2D eigenvalue weighted by atomic mass is 32.1. The van der Waals surface area contributed by atoms with Crippen molar-refractivity contribution in [2.45, 2.75) is 38.5 Å². The molecule has 1 heterocycles. The maximum atomic E-state index is 12.2. The number of aryl methyl sites for hydroxylation is 2. The summed E-state index contributed by atoms with van der Waals surface area (Å²) in [5, 5.41) is 3.43. The number of rotatable bonds is 6. The Labute approximate surface area is 133 Å². The second kappa shape index (κ2) is 6.40. The predicted octanol–water partition coefficient (Wildman–Crippen LogP) is 3.71. The summed E-state index contributed by atoms with van der Waals surface area (Å²) in [5.41, 5.74) is 2.84. The van der Waals surface area contributed by atoms with Crippen molar-refractivity contribution in [3.63, 3.8) is 0 Å². The van der Waals surface area contributed by atoms with Crippen molar-refractivity contribution in [1.29, 1.82) is 0 Å². The summed E-state index contributed by atoms with van der Waals surface area (Å²) in [4.78, 5) is 28.1. The minimum atomic E-state index is -0.141. The third-order valence-electron chi connectivity index (χ3n) is 3.82. The number of carbonyl (C=O) groups is 2. The SMILES string of the molecule is Cc1nc(NC(=O)c2ccc(C3CC3)cc2)sc1CCC=O. The van der Waals surface area contributed by atoms with Gasteiger partial charge in [-0.1, -0.05) is 12.1 Å². The van der Waals surface area contributed by atoms with E-state index in [0.717, 1.165) is 16.9 Å². The van der Waals surface area contributed by atoms with E-state index in [1.165, 1.54) is 29.7 Å². The Balaban J connectivity index is 1.66. The van der Waals surface area contributed by atoms with Crippen LogP contribution in [-0.2, 0) is 11.2 Å². The first-order chi connectivity index (χ1) is 10.7. The van der Waals surface area contributed by atoms with Crippen LogP contribution in [0, 0.1) is 6.92 Å². The van der Waals surface area contributed by atoms with Gasteiger partial charge in [0.1, 0.15) is 6.29 Å². The lowest BCUT2D eigenvalue weighted by Crippen LogP contribution is -2.11. The second-order valence-corrected chi connectivity index (χ2v) is 6.67. The molecule has 1 aliphatic rings. The summed E-state index contributed by atoms with van der Waals surface area (Å²) < 4.78 is 0. The zero-order chi connectivity index (χ0) is 15.5. The molecule has 1 fully saturated rings. The van der Waals surface area contributed by atoms with Crippen molar-refractivity contribution < 1.29 is 9.59 Å². The maximum Gasteiger partial charge on any atom is 0.257 e. The van der Waals surface area contributed by atoms with Crippen LogP contribution in [0.15, 0.2) is 24.3 Å². The standard InChI is InChI=1S/C17H18N2O2S/c1-11-15(3-2-10-20)22-17(18-11)19-16(21)14-8-6-13(7-9-14)12-4-5-12/h6-10,12H,2-5H2,1H3,(H,18,19,21). The second-order valence-electron chi connectivity index (χ2n) is 5.58. The molecule has 1 aromatic carbocycles. The molecule has 0 atom stereocenters. The van der Waals surface area contributed by atoms with E-state index in [1.54, 1.807) is 0 Å². The molecule has 2 aromatic rings. The van der Waals surface area contributed by atoms with Gasteiger partial charge in [-0.2, -0.15) is 0 Å². The van der Waals surface area contributed by atoms with Crippen LogP contribution >= 0.6 is 11.3 Å². The van der Waals surface area contributed by atoms with Crippen molar-refractivity contribution in [1.82, 2.24) is 4.98 Å². The van der Waals surface area contributed by atoms with Crippen LogP contribution in [0.4, 0.5) is 5.13 Å². The van der Waals surface area contributed by atoms with Crippen molar-refractivity contribution in [3.8, 4) is 0 Å². The molecule has 1 aliphatic carbocycles. The third-order valence-corrected chi connectivity index (χ3v) is 4.96. The molecule has 0 bridgehead atoms. The molecule has 3 rings (SSSR count). The first kappa shape index (κ1) is 14.9. The number of thiazole rings is 1. The van der Waals surface area contributed by atoms with Crippen LogP contribution in [0.2, 0.25) is 0 Å². The van der Waals surface area contributed by atoms with Gasteiger partial charge in [0, 0.05) is 16.9 Å². The van der Waals surface area contributed by atoms with E-state index in [1.807, 2.05) is 31.2 Å². The van der Waals surface area contributed by atoms with Gasteiger partial charge in [0.05, 0.1) is 5.69 Å². The van der Waals surface area contributed by atoms with Crippen molar-refractivity contribution in [2.75, 3.05) is 5.32 Å². The zero-order valence-electron chi connectivity index (χ0n) is 12.5. The average Bonchev–Trinajstić information content (AvgIpc) is 3.31. The molecule has 0 unspecified atom stereocenters. The van der Waals surface area contributed by atoms with Gasteiger partial charge in [-0.05, 0) is 49.8 Å². The minimum Gasteiger partial charge on any atom is -0.303 e. The van der Waals surface area contributed by atoms with Gasteiger partial charge >= 0.3 is 0 Å². The summed E-state index contributed by atoms with van der Waals surface area (Å²) in [6.07, 6.45) is 4.58. The number of hydrogen-bond donors (Lipinski definition) is 1. The summed E-state index contributed by atoms with van der Waals surface area (Å²) in [5.74, 6) is 0.553. The number of aldehydes is 1. The highest BCUT2D eigenvalue weighted by molar-refractivity contribution is 7.15. The highest BCUT2D eigenvalue weighted by Crippen LogP contribution is 2.39. The summed E-state index contributed by atoms with van der Waals surface area (Å²) in [7, 11) is 0. The third kappa shape index (κ3) is 3.42. The summed E-state index contributed by atoms with van der Waals surface area (Å²) in [6, 6.07) is 7.82. The number of amides is 1. The Kier molecular flexibility index (Phi) is 4.34. The lowest BCUT2D eigenvalue weighted by molar-refractivity contribution is -0.107. The fourth-order valence-electron chi connectivity index (χ4n) is 2.40. The van der Waals surface area contributed by atoms with Crippen LogP contribution in [-0.4, -0.2) is 17.2 Å². The van der Waals surface area contributed by atoms with Crippen LogP contribution in [0.3, 0.4) is 0 Å². The Morgan fingerprint density at radius 3 is 2.73 bits per heavy atom. The number of anilines is 1. The largest absolute Gasteiger partial charge is 0.303 e. The van der Waals surface area contributed by atoms with Crippen LogP contribution in [0.25, 0.3) is 0 Å². The summed E-state index contributed by atoms with van der Waals surface area (Å²) >= 11 is 1.44. The van der Waals surface area contributed by atoms with Crippen LogP contribution < -0.4 is 5.32 Å². The first-order valence-electron chi connectivity index (χ1n) is 7.48. The molecule has 0 saturated heterocycles. The fraction of sp³-hybridized carbons (Fsp3) is 0.353. The van der Waals surface area contributed by atoms with E-state index >= 15 is 0 Å². The molecule has 5 heteroatoms. The van der Waals surface area contributed by atoms with Gasteiger partial charge in [-0.3, -0.25) is 10.1 Å². The quantitative estimate of drug-likeness (QED) is 0.827. The fourth-order valence-corrected chi connectivity index (χ4v) is 3.37. The Morgan fingerprint density at radius 1 is 1.36 bits per heavy atom. The number of hydrogen-bond acceptors (Lipinski definition) is 4. The van der Waals surface area contributed by atoms with E-state index in [2.05, 4.69) is 10.3 Å². The molecule has 22 heavy (non-hydrogen) atoms. The molecular formula is C17H18N2O2S. The smallest absolute Gasteiger partial charge is 0.257 e. The monoisotopic (exact) mass is 314 g/mol. The number of nitrogens with one attached hydrogen (secondary N) is 1. The molecular weight excluding hydrogens is 296 g/mol. The van der Waals surface area contributed by atoms with Crippen molar-refractivity contribution in [2.24, 2.45) is 0 Å². The lowest BCUT2D eigenvalue weighted by Gasteiger charge is -2.03. The summed E-state index contributed by atoms with van der Waals surface area (Å²) in [6.45, 7) is 1.90. The lowest BCUT2D eigenvalue weighted by atomic mass is 10.1. The molecule has 1 amide bonds. The van der Waals surface area contributed by atoms with Crippen LogP contribution in [0.1, 0.15) is 51.7 Å². The topological polar surface area (TPSA) is 59.1 Å². The number of aromatic nitrogens is 1. The molecule has 1 aromatic heterocycles. The first-order valence-corrected chi connectivity index (χ1v) is 8.30. The van der Waals surface area contributed by atoms with Crippen LogP contribution in [0.5, 0.6) is 0 Å². The van der Waals surface area contributed by atoms with Gasteiger partial charge < -0.3 is 4.79 Å². The van der Waals surface area contributed by atoms with E-state index < -0.39 is 0 Å². The van der Waals surface area contributed by atoms with E-state index in [4.69, 9.17) is 0 Å². The average molecular weight is 314 g/mol. The van der Waals surface area contributed by atoms with E-state index in [-0.39, 0.29) is 5.91 Å². The molecule has 114 valence electrons. The molecule has 0 radical (unpaired) electrons. The van der Waals surface area contributed by atoms with Crippen molar-refractivity contribution in [3.05, 3.63) is 46.0 Å². The van der Waals surface area contributed by atoms with Gasteiger partial charge in [0.2, 0.25) is 0 Å². The normalized spacial score (nSPS) is 13.9. The molecule has 1 saturated carbocycles. The Bertz CT molecular complexity index is 687. The van der Waals surface area contributed by atoms with Gasteiger partial charge in [-0.15, -0.1) is 11.3 Å². The zero-order valence-corrected chi connectivity index (χ0v) is 13.3. The van der Waals surface area contributed by atoms with E-state index in [9.17, 15) is 9.59 Å². The Morgan fingerprint density at radius 2 is 2.09 bits per heavy atom. The minimum absolute atomic E-state index is 0.141. The highest BCUT2D eigenvalue weighted by Gasteiger charge is 2.23. The number of carbonyl (C=O) groups excluding carboxylic acids is 2. The maximum absolute atomic E-state index is 12.2. The Hall–Kier alpha value is -2.01. The molecule has 1 N–H and O–H groups in total.